The number of amides is 1. The fourth-order valence-electron chi connectivity index (χ4n) is 2.21. The number of halogens is 1. The molecule has 3 rings (SSSR count). The zero-order valence-electron chi connectivity index (χ0n) is 14.0. The molecule has 0 spiro atoms. The summed E-state index contributed by atoms with van der Waals surface area (Å²) in [5, 5.41) is 3.75. The van der Waals surface area contributed by atoms with Crippen LogP contribution < -0.4 is 10.1 Å². The number of rotatable bonds is 4. The Kier molecular flexibility index (Phi) is 5.67. The molecule has 4 nitrogen and oxygen atoms in total. The molecule has 0 aliphatic carbocycles. The van der Waals surface area contributed by atoms with E-state index in [1.165, 1.54) is 11.8 Å². The number of carbonyl (C=O) groups excluding carboxylic acids is 1. The van der Waals surface area contributed by atoms with E-state index in [0.29, 0.717) is 20.8 Å². The molecule has 0 radical (unpaired) electrons. The third-order valence-corrected chi connectivity index (χ3v) is 4.69. The van der Waals surface area contributed by atoms with Gasteiger partial charge in [-0.2, -0.15) is 0 Å². The first kappa shape index (κ1) is 18.1. The summed E-state index contributed by atoms with van der Waals surface area (Å²) >= 11 is 7.47. The number of aliphatic imine (C=N–C) groups is 1. The minimum atomic E-state index is -0.190. The van der Waals surface area contributed by atoms with Gasteiger partial charge in [-0.1, -0.05) is 41.3 Å². The number of benzene rings is 2. The van der Waals surface area contributed by atoms with Gasteiger partial charge in [-0.25, -0.2) is 4.99 Å². The fourth-order valence-corrected chi connectivity index (χ4v) is 3.30. The second-order valence-corrected chi connectivity index (χ2v) is 6.94. The lowest BCUT2D eigenvalue weighted by Crippen LogP contribution is -2.19. The highest BCUT2D eigenvalue weighted by atomic mass is 35.5. The Hall–Kier alpha value is -2.68. The van der Waals surface area contributed by atoms with Crippen molar-refractivity contribution in [3.8, 4) is 18.1 Å². The summed E-state index contributed by atoms with van der Waals surface area (Å²) in [6.07, 6.45) is 6.93. The van der Waals surface area contributed by atoms with E-state index in [4.69, 9.17) is 22.8 Å². The SMILES string of the molecule is C#CCOc1ccc(/C=C2\SC(=Nc3ccc(C)cc3)NC2=O)cc1Cl. The van der Waals surface area contributed by atoms with Crippen LogP contribution in [-0.2, 0) is 4.79 Å². The van der Waals surface area contributed by atoms with Crippen LogP contribution in [0.1, 0.15) is 11.1 Å². The number of nitrogens with zero attached hydrogens (tertiary/aromatic N) is 1. The summed E-state index contributed by atoms with van der Waals surface area (Å²) < 4.78 is 5.33. The number of aryl methyl sites for hydroxylation is 1. The third-order valence-electron chi connectivity index (χ3n) is 3.48. The van der Waals surface area contributed by atoms with E-state index >= 15 is 0 Å². The summed E-state index contributed by atoms with van der Waals surface area (Å²) in [6, 6.07) is 13.0. The Morgan fingerprint density at radius 1 is 1.31 bits per heavy atom. The van der Waals surface area contributed by atoms with Crippen molar-refractivity contribution in [2.45, 2.75) is 6.92 Å². The molecule has 0 unspecified atom stereocenters. The molecule has 2 aromatic rings. The maximum Gasteiger partial charge on any atom is 0.264 e. The number of amidine groups is 1. The minimum Gasteiger partial charge on any atom is -0.479 e. The van der Waals surface area contributed by atoms with Crippen LogP contribution >= 0.6 is 23.4 Å². The van der Waals surface area contributed by atoms with Gasteiger partial charge in [0.05, 0.1) is 15.6 Å². The van der Waals surface area contributed by atoms with Gasteiger partial charge in [0, 0.05) is 0 Å². The number of carbonyl (C=O) groups is 1. The predicted molar refractivity (Wildman–Crippen MR) is 108 cm³/mol. The van der Waals surface area contributed by atoms with E-state index in [-0.39, 0.29) is 12.5 Å². The molecule has 0 atom stereocenters. The summed E-state index contributed by atoms with van der Waals surface area (Å²) in [5.41, 5.74) is 2.74. The van der Waals surface area contributed by atoms with Gasteiger partial charge in [0.15, 0.2) is 5.17 Å². The lowest BCUT2D eigenvalue weighted by Gasteiger charge is -2.05. The molecule has 26 heavy (non-hydrogen) atoms. The van der Waals surface area contributed by atoms with Crippen molar-refractivity contribution < 1.29 is 9.53 Å². The largest absolute Gasteiger partial charge is 0.479 e. The van der Waals surface area contributed by atoms with E-state index in [0.717, 1.165) is 16.8 Å². The number of hydrogen-bond acceptors (Lipinski definition) is 4. The van der Waals surface area contributed by atoms with Gasteiger partial charge in [0.1, 0.15) is 12.4 Å². The second-order valence-electron chi connectivity index (χ2n) is 5.50. The second kappa shape index (κ2) is 8.13. The zero-order chi connectivity index (χ0) is 18.5. The lowest BCUT2D eigenvalue weighted by atomic mass is 10.2. The summed E-state index contributed by atoms with van der Waals surface area (Å²) in [6.45, 7) is 2.16. The van der Waals surface area contributed by atoms with E-state index in [9.17, 15) is 4.79 Å². The lowest BCUT2D eigenvalue weighted by molar-refractivity contribution is -0.115. The number of terminal acetylenes is 1. The van der Waals surface area contributed by atoms with Crippen LogP contribution in [0.2, 0.25) is 5.02 Å². The van der Waals surface area contributed by atoms with Crippen molar-refractivity contribution in [3.63, 3.8) is 0 Å². The average Bonchev–Trinajstić information content (AvgIpc) is 2.95. The number of ether oxygens (including phenoxy) is 1. The van der Waals surface area contributed by atoms with Gasteiger partial charge < -0.3 is 10.1 Å². The third kappa shape index (κ3) is 4.48. The fraction of sp³-hybridized carbons (Fsp3) is 0.100. The molecule has 6 heteroatoms. The maximum absolute atomic E-state index is 12.2. The van der Waals surface area contributed by atoms with E-state index in [1.807, 2.05) is 37.3 Å². The zero-order valence-corrected chi connectivity index (χ0v) is 15.5. The normalized spacial score (nSPS) is 16.6. The maximum atomic E-state index is 12.2. The number of thioether (sulfide) groups is 1. The first-order valence-corrected chi connectivity index (χ1v) is 8.96. The molecule has 2 aromatic carbocycles. The Balaban J connectivity index is 1.77. The first-order chi connectivity index (χ1) is 12.5. The van der Waals surface area contributed by atoms with Crippen LogP contribution in [0.25, 0.3) is 6.08 Å². The topological polar surface area (TPSA) is 50.7 Å². The minimum absolute atomic E-state index is 0.150. The van der Waals surface area contributed by atoms with Crippen LogP contribution in [0.3, 0.4) is 0 Å². The molecular formula is C20H15ClN2O2S. The molecule has 1 saturated heterocycles. The number of nitrogens with one attached hydrogen (secondary N) is 1. The summed E-state index contributed by atoms with van der Waals surface area (Å²) in [5.74, 6) is 2.71. The summed E-state index contributed by atoms with van der Waals surface area (Å²) in [4.78, 5) is 17.2. The average molecular weight is 383 g/mol. The van der Waals surface area contributed by atoms with Crippen molar-refractivity contribution in [3.05, 3.63) is 63.5 Å². The monoisotopic (exact) mass is 382 g/mol. The Bertz CT molecular complexity index is 943. The molecule has 1 heterocycles. The molecule has 1 aliphatic heterocycles. The van der Waals surface area contributed by atoms with Crippen molar-refractivity contribution in [2.75, 3.05) is 6.61 Å². The number of hydrogen-bond donors (Lipinski definition) is 1. The van der Waals surface area contributed by atoms with E-state index < -0.39 is 0 Å². The molecule has 1 fully saturated rings. The van der Waals surface area contributed by atoms with Gasteiger partial charge in [-0.3, -0.25) is 4.79 Å². The van der Waals surface area contributed by atoms with Crippen molar-refractivity contribution in [1.82, 2.24) is 5.32 Å². The standard InChI is InChI=1S/C20H15ClN2O2S/c1-3-10-25-17-9-6-14(11-16(17)21)12-18-19(24)23-20(26-18)22-15-7-4-13(2)5-8-15/h1,4-9,11-12H,10H2,2H3,(H,22,23,24)/b18-12-. The van der Waals surface area contributed by atoms with Crippen LogP contribution in [0, 0.1) is 19.3 Å². The molecule has 0 bridgehead atoms. The molecule has 1 N–H and O–H groups in total. The van der Waals surface area contributed by atoms with Crippen LogP contribution in [0.4, 0.5) is 5.69 Å². The molecule has 1 aliphatic rings. The van der Waals surface area contributed by atoms with Crippen LogP contribution in [0.15, 0.2) is 52.4 Å². The van der Waals surface area contributed by atoms with Gasteiger partial charge in [0.2, 0.25) is 0 Å². The highest BCUT2D eigenvalue weighted by molar-refractivity contribution is 8.18. The Morgan fingerprint density at radius 2 is 2.08 bits per heavy atom. The first-order valence-electron chi connectivity index (χ1n) is 7.77. The highest BCUT2D eigenvalue weighted by Gasteiger charge is 2.23. The van der Waals surface area contributed by atoms with Crippen molar-refractivity contribution in [1.29, 1.82) is 0 Å². The highest BCUT2D eigenvalue weighted by Crippen LogP contribution is 2.31. The smallest absolute Gasteiger partial charge is 0.264 e. The predicted octanol–water partition coefficient (Wildman–Crippen LogP) is 4.55. The van der Waals surface area contributed by atoms with Gasteiger partial charge in [0.25, 0.3) is 5.91 Å². The van der Waals surface area contributed by atoms with Gasteiger partial charge in [-0.05, 0) is 54.6 Å². The van der Waals surface area contributed by atoms with E-state index in [2.05, 4.69) is 16.2 Å². The molecule has 0 aromatic heterocycles. The quantitative estimate of drug-likeness (QED) is 0.623. The van der Waals surface area contributed by atoms with Gasteiger partial charge in [-0.15, -0.1) is 6.42 Å². The van der Waals surface area contributed by atoms with Crippen molar-refractivity contribution in [2.24, 2.45) is 4.99 Å². The van der Waals surface area contributed by atoms with Gasteiger partial charge >= 0.3 is 0 Å². The van der Waals surface area contributed by atoms with E-state index in [1.54, 1.807) is 18.2 Å². The molecular weight excluding hydrogens is 368 g/mol. The molecule has 0 saturated carbocycles. The van der Waals surface area contributed by atoms with Crippen LogP contribution in [0.5, 0.6) is 5.75 Å². The Labute approximate surface area is 161 Å². The van der Waals surface area contributed by atoms with Crippen LogP contribution in [-0.4, -0.2) is 17.7 Å². The molecule has 1 amide bonds. The summed E-state index contributed by atoms with van der Waals surface area (Å²) in [7, 11) is 0. The molecule has 130 valence electrons. The van der Waals surface area contributed by atoms with Crippen molar-refractivity contribution >= 4 is 46.2 Å². The Morgan fingerprint density at radius 3 is 2.77 bits per heavy atom.